The molecule has 0 spiro atoms. The number of ketones is 2. The number of amides is 1. The molecule has 5 nitrogen and oxygen atoms in total. The summed E-state index contributed by atoms with van der Waals surface area (Å²) in [6.07, 6.45) is -0.596. The minimum absolute atomic E-state index is 0.205. The van der Waals surface area contributed by atoms with E-state index in [4.69, 9.17) is 4.74 Å². The second-order valence-electron chi connectivity index (χ2n) is 7.06. The molecule has 2 aromatic carbocycles. The van der Waals surface area contributed by atoms with Gasteiger partial charge < -0.3 is 4.74 Å². The molecule has 0 fully saturated rings. The SMILES string of the molecule is CN(C(=O)OC(C)(C)C)c1ccc(Br)c2c1C(=O)c1ccccc1C2=O. The summed E-state index contributed by atoms with van der Waals surface area (Å²) in [6, 6.07) is 9.98. The van der Waals surface area contributed by atoms with Crippen LogP contribution in [-0.4, -0.2) is 30.3 Å². The van der Waals surface area contributed by atoms with Crippen LogP contribution >= 0.6 is 15.9 Å². The first-order valence-corrected chi connectivity index (χ1v) is 8.89. The standard InChI is InChI=1S/C20H18BrNO4/c1-20(2,3)26-19(25)22(4)14-10-9-13(21)15-16(14)18(24)12-8-6-5-7-11(12)17(15)23/h5-10H,1-4H3. The summed E-state index contributed by atoms with van der Waals surface area (Å²) in [7, 11) is 1.52. The number of anilines is 1. The van der Waals surface area contributed by atoms with Gasteiger partial charge in [0.15, 0.2) is 11.6 Å². The van der Waals surface area contributed by atoms with E-state index in [0.29, 0.717) is 21.3 Å². The molecule has 0 unspecified atom stereocenters. The highest BCUT2D eigenvalue weighted by Gasteiger charge is 2.35. The fourth-order valence-corrected chi connectivity index (χ4v) is 3.39. The zero-order valence-corrected chi connectivity index (χ0v) is 16.5. The first kappa shape index (κ1) is 18.3. The van der Waals surface area contributed by atoms with Crippen molar-refractivity contribution < 1.29 is 19.1 Å². The van der Waals surface area contributed by atoms with Gasteiger partial charge in [-0.25, -0.2) is 4.79 Å². The average molecular weight is 416 g/mol. The predicted octanol–water partition coefficient (Wildman–Crippen LogP) is 4.60. The monoisotopic (exact) mass is 415 g/mol. The van der Waals surface area contributed by atoms with E-state index in [1.54, 1.807) is 57.2 Å². The number of rotatable bonds is 1. The normalized spacial score (nSPS) is 13.1. The smallest absolute Gasteiger partial charge is 0.414 e. The van der Waals surface area contributed by atoms with Crippen molar-refractivity contribution in [3.05, 3.63) is 63.1 Å². The van der Waals surface area contributed by atoms with Gasteiger partial charge in [-0.3, -0.25) is 14.5 Å². The van der Waals surface area contributed by atoms with E-state index >= 15 is 0 Å². The summed E-state index contributed by atoms with van der Waals surface area (Å²) in [4.78, 5) is 39.7. The molecule has 1 amide bonds. The zero-order valence-electron chi connectivity index (χ0n) is 14.9. The van der Waals surface area contributed by atoms with Crippen LogP contribution in [0.25, 0.3) is 0 Å². The van der Waals surface area contributed by atoms with Gasteiger partial charge in [-0.15, -0.1) is 0 Å². The quantitative estimate of drug-likeness (QED) is 0.582. The van der Waals surface area contributed by atoms with Crippen molar-refractivity contribution in [2.45, 2.75) is 26.4 Å². The summed E-state index contributed by atoms with van der Waals surface area (Å²) in [5.41, 5.74) is 0.834. The second kappa shape index (κ2) is 6.36. The fraction of sp³-hybridized carbons (Fsp3) is 0.250. The molecule has 0 heterocycles. The molecule has 0 aromatic heterocycles. The molecule has 1 aliphatic rings. The summed E-state index contributed by atoms with van der Waals surface area (Å²) in [5, 5.41) is 0. The van der Waals surface area contributed by atoms with Crippen LogP contribution in [0.15, 0.2) is 40.9 Å². The summed E-state index contributed by atoms with van der Waals surface area (Å²) in [5.74, 6) is -0.538. The summed E-state index contributed by atoms with van der Waals surface area (Å²) >= 11 is 3.36. The molecule has 0 bridgehead atoms. The zero-order chi connectivity index (χ0) is 19.2. The molecule has 0 aliphatic heterocycles. The number of nitrogens with zero attached hydrogens (tertiary/aromatic N) is 1. The molecule has 1 aliphatic carbocycles. The molecule has 0 saturated carbocycles. The van der Waals surface area contributed by atoms with Crippen molar-refractivity contribution in [1.82, 2.24) is 0 Å². The highest BCUT2D eigenvalue weighted by molar-refractivity contribution is 9.10. The maximum atomic E-state index is 13.1. The van der Waals surface area contributed by atoms with Crippen LogP contribution in [0.2, 0.25) is 0 Å². The molecular formula is C20H18BrNO4. The van der Waals surface area contributed by atoms with Crippen molar-refractivity contribution in [2.75, 3.05) is 11.9 Å². The summed E-state index contributed by atoms with van der Waals surface area (Å²) in [6.45, 7) is 5.29. The van der Waals surface area contributed by atoms with E-state index in [9.17, 15) is 14.4 Å². The lowest BCUT2D eigenvalue weighted by atomic mass is 9.83. The molecule has 26 heavy (non-hydrogen) atoms. The van der Waals surface area contributed by atoms with E-state index in [1.807, 2.05) is 0 Å². The molecule has 0 radical (unpaired) electrons. The Labute approximate surface area is 160 Å². The Kier molecular flexibility index (Phi) is 4.48. The number of carbonyl (C=O) groups is 3. The molecule has 2 aromatic rings. The Bertz CT molecular complexity index is 943. The second-order valence-corrected chi connectivity index (χ2v) is 7.91. The van der Waals surface area contributed by atoms with E-state index in [0.717, 1.165) is 0 Å². The largest absolute Gasteiger partial charge is 0.443 e. The Balaban J connectivity index is 2.16. The van der Waals surface area contributed by atoms with E-state index in [-0.39, 0.29) is 22.7 Å². The van der Waals surface area contributed by atoms with Gasteiger partial charge in [-0.2, -0.15) is 0 Å². The van der Waals surface area contributed by atoms with E-state index in [1.165, 1.54) is 11.9 Å². The van der Waals surface area contributed by atoms with Crippen LogP contribution in [0, 0.1) is 0 Å². The molecular weight excluding hydrogens is 398 g/mol. The Hall–Kier alpha value is -2.47. The summed E-state index contributed by atoms with van der Waals surface area (Å²) < 4.78 is 5.90. The first-order chi connectivity index (χ1) is 12.1. The number of ether oxygens (including phenoxy) is 1. The van der Waals surface area contributed by atoms with Gasteiger partial charge in [0.2, 0.25) is 0 Å². The topological polar surface area (TPSA) is 63.7 Å². The van der Waals surface area contributed by atoms with Crippen molar-refractivity contribution in [3.8, 4) is 0 Å². The molecule has 0 saturated heterocycles. The number of benzene rings is 2. The van der Waals surface area contributed by atoms with Crippen LogP contribution in [0.5, 0.6) is 0 Å². The average Bonchev–Trinajstić information content (AvgIpc) is 2.57. The molecule has 0 N–H and O–H groups in total. The lowest BCUT2D eigenvalue weighted by Gasteiger charge is -2.28. The van der Waals surface area contributed by atoms with E-state index < -0.39 is 11.7 Å². The van der Waals surface area contributed by atoms with Gasteiger partial charge in [0.25, 0.3) is 0 Å². The molecule has 3 rings (SSSR count). The van der Waals surface area contributed by atoms with Gasteiger partial charge in [0.1, 0.15) is 5.60 Å². The highest BCUT2D eigenvalue weighted by Crippen LogP contribution is 2.37. The minimum Gasteiger partial charge on any atom is -0.443 e. The van der Waals surface area contributed by atoms with Gasteiger partial charge in [0, 0.05) is 22.6 Å². The van der Waals surface area contributed by atoms with Gasteiger partial charge in [0.05, 0.1) is 16.8 Å². The van der Waals surface area contributed by atoms with Crippen molar-refractivity contribution in [2.24, 2.45) is 0 Å². The van der Waals surface area contributed by atoms with E-state index in [2.05, 4.69) is 15.9 Å². The third kappa shape index (κ3) is 3.05. The van der Waals surface area contributed by atoms with Crippen LogP contribution in [0.3, 0.4) is 0 Å². The fourth-order valence-electron chi connectivity index (χ4n) is 2.87. The Morgan fingerprint density at radius 2 is 1.50 bits per heavy atom. The molecule has 134 valence electrons. The number of hydrogen-bond donors (Lipinski definition) is 0. The number of fused-ring (bicyclic) bond motifs is 2. The number of carbonyl (C=O) groups excluding carboxylic acids is 3. The van der Waals surface area contributed by atoms with Crippen LogP contribution in [0.1, 0.15) is 52.6 Å². The van der Waals surface area contributed by atoms with Crippen molar-refractivity contribution in [3.63, 3.8) is 0 Å². The number of hydrogen-bond acceptors (Lipinski definition) is 4. The maximum Gasteiger partial charge on any atom is 0.414 e. The van der Waals surface area contributed by atoms with Gasteiger partial charge >= 0.3 is 6.09 Å². The van der Waals surface area contributed by atoms with Crippen LogP contribution < -0.4 is 4.90 Å². The number of halogens is 1. The van der Waals surface area contributed by atoms with Gasteiger partial charge in [-0.05, 0) is 32.9 Å². The van der Waals surface area contributed by atoms with Crippen molar-refractivity contribution >= 4 is 39.3 Å². The molecule has 6 heteroatoms. The van der Waals surface area contributed by atoms with Gasteiger partial charge in [-0.1, -0.05) is 40.2 Å². The Morgan fingerprint density at radius 1 is 0.962 bits per heavy atom. The van der Waals surface area contributed by atoms with Crippen LogP contribution in [0.4, 0.5) is 10.5 Å². The lowest BCUT2D eigenvalue weighted by molar-refractivity contribution is 0.0589. The third-order valence-electron chi connectivity index (χ3n) is 4.03. The lowest BCUT2D eigenvalue weighted by Crippen LogP contribution is -2.36. The minimum atomic E-state index is -0.673. The van der Waals surface area contributed by atoms with Crippen molar-refractivity contribution in [1.29, 1.82) is 0 Å². The third-order valence-corrected chi connectivity index (χ3v) is 4.69. The first-order valence-electron chi connectivity index (χ1n) is 8.09. The maximum absolute atomic E-state index is 13.1. The predicted molar refractivity (Wildman–Crippen MR) is 102 cm³/mol. The molecule has 0 atom stereocenters. The van der Waals surface area contributed by atoms with Crippen LogP contribution in [-0.2, 0) is 4.74 Å². The Morgan fingerprint density at radius 3 is 2.04 bits per heavy atom. The highest BCUT2D eigenvalue weighted by atomic mass is 79.9.